The van der Waals surface area contributed by atoms with Crippen LogP contribution in [0.1, 0.15) is 30.5 Å². The summed E-state index contributed by atoms with van der Waals surface area (Å²) < 4.78 is 0. The summed E-state index contributed by atoms with van der Waals surface area (Å²) in [4.78, 5) is 12.1. The predicted molar refractivity (Wildman–Crippen MR) is 85.5 cm³/mol. The van der Waals surface area contributed by atoms with Gasteiger partial charge in [0, 0.05) is 12.3 Å². The molecule has 0 saturated carbocycles. The molecular weight excluding hydrogens is 284 g/mol. The largest absolute Gasteiger partial charge is 0.387 e. The molecule has 0 unspecified atom stereocenters. The molecule has 4 nitrogen and oxygen atoms in total. The molecule has 1 aliphatic carbocycles. The summed E-state index contributed by atoms with van der Waals surface area (Å²) in [6.45, 7) is 2.49. The molecular formula is C16H22N2O2S. The van der Waals surface area contributed by atoms with Gasteiger partial charge in [0.2, 0.25) is 0 Å². The van der Waals surface area contributed by atoms with Gasteiger partial charge in [0.25, 0.3) is 0 Å². The highest BCUT2D eigenvalue weighted by Crippen LogP contribution is 2.35. The molecule has 1 saturated heterocycles. The summed E-state index contributed by atoms with van der Waals surface area (Å²) in [5, 5.41) is 16.1. The lowest BCUT2D eigenvalue weighted by atomic mass is 10.0. The van der Waals surface area contributed by atoms with Gasteiger partial charge in [0.15, 0.2) is 0 Å². The number of fused-ring (bicyclic) bond motifs is 1. The fourth-order valence-electron chi connectivity index (χ4n) is 3.19. The topological polar surface area (TPSA) is 61.4 Å². The summed E-state index contributed by atoms with van der Waals surface area (Å²) >= 11 is 1.73. The maximum Gasteiger partial charge on any atom is 0.315 e. The normalized spacial score (nSPS) is 31.0. The van der Waals surface area contributed by atoms with Crippen molar-refractivity contribution in [3.63, 3.8) is 0 Å². The van der Waals surface area contributed by atoms with Crippen molar-refractivity contribution in [1.29, 1.82) is 0 Å². The van der Waals surface area contributed by atoms with Crippen LogP contribution in [0, 0.1) is 5.92 Å². The Hall–Kier alpha value is -1.20. The van der Waals surface area contributed by atoms with Crippen molar-refractivity contribution in [2.45, 2.75) is 31.4 Å². The number of amides is 2. The molecule has 21 heavy (non-hydrogen) atoms. The van der Waals surface area contributed by atoms with Gasteiger partial charge in [-0.15, -0.1) is 0 Å². The van der Waals surface area contributed by atoms with Crippen molar-refractivity contribution < 1.29 is 9.90 Å². The summed E-state index contributed by atoms with van der Waals surface area (Å²) in [5.74, 6) is 2.07. The van der Waals surface area contributed by atoms with Crippen LogP contribution in [-0.4, -0.2) is 34.8 Å². The van der Waals surface area contributed by atoms with E-state index in [4.69, 9.17) is 0 Å². The maximum absolute atomic E-state index is 12.1. The van der Waals surface area contributed by atoms with Crippen LogP contribution in [0.2, 0.25) is 0 Å². The molecule has 3 N–H and O–H groups in total. The zero-order chi connectivity index (χ0) is 14.9. The monoisotopic (exact) mass is 306 g/mol. The Labute approximate surface area is 129 Å². The molecule has 2 amide bonds. The Morgan fingerprint density at radius 3 is 3.05 bits per heavy atom. The number of hydrogen-bond donors (Lipinski definition) is 3. The first-order valence-electron chi connectivity index (χ1n) is 7.50. The van der Waals surface area contributed by atoms with Gasteiger partial charge >= 0.3 is 6.03 Å². The lowest BCUT2D eigenvalue weighted by Crippen LogP contribution is -2.47. The first kappa shape index (κ1) is 14.7. The molecule has 2 aliphatic rings. The number of nitrogens with one attached hydrogen (secondary N) is 2. The van der Waals surface area contributed by atoms with E-state index in [1.165, 1.54) is 11.1 Å². The molecule has 0 radical (unpaired) electrons. The smallest absolute Gasteiger partial charge is 0.315 e. The van der Waals surface area contributed by atoms with Crippen molar-refractivity contribution in [1.82, 2.24) is 10.6 Å². The van der Waals surface area contributed by atoms with Crippen molar-refractivity contribution >= 4 is 17.8 Å². The molecule has 5 heteroatoms. The SMILES string of the molecule is C[C@@H]1Cc2ccccc2[C@@H]1NC(=O)NC[C@]1(O)CCSC1. The van der Waals surface area contributed by atoms with Gasteiger partial charge in [-0.1, -0.05) is 31.2 Å². The summed E-state index contributed by atoms with van der Waals surface area (Å²) in [6, 6.07) is 8.15. The van der Waals surface area contributed by atoms with Gasteiger partial charge in [-0.3, -0.25) is 0 Å². The molecule has 0 spiro atoms. The molecule has 1 heterocycles. The second-order valence-corrected chi connectivity index (χ2v) is 7.32. The third-order valence-electron chi connectivity index (χ3n) is 4.45. The second-order valence-electron chi connectivity index (χ2n) is 6.21. The first-order valence-corrected chi connectivity index (χ1v) is 8.65. The molecule has 3 rings (SSSR count). The van der Waals surface area contributed by atoms with Crippen LogP contribution in [0.15, 0.2) is 24.3 Å². The van der Waals surface area contributed by atoms with Crippen LogP contribution in [0.25, 0.3) is 0 Å². The standard InChI is InChI=1S/C16H22N2O2S/c1-11-8-12-4-2-3-5-13(12)14(11)18-15(19)17-9-16(20)6-7-21-10-16/h2-5,11,14,20H,6-10H2,1H3,(H2,17,18,19)/t11-,14-,16-/m1/s1. The molecule has 1 aliphatic heterocycles. The maximum atomic E-state index is 12.1. The van der Waals surface area contributed by atoms with Crippen LogP contribution in [0.4, 0.5) is 4.79 Å². The lowest BCUT2D eigenvalue weighted by molar-refractivity contribution is 0.0698. The lowest BCUT2D eigenvalue weighted by Gasteiger charge is -2.24. The number of thioether (sulfide) groups is 1. The van der Waals surface area contributed by atoms with Gasteiger partial charge in [-0.25, -0.2) is 4.79 Å². The van der Waals surface area contributed by atoms with Crippen molar-refractivity contribution in [3.8, 4) is 0 Å². The Morgan fingerprint density at radius 2 is 2.29 bits per heavy atom. The predicted octanol–water partition coefficient (Wildman–Crippen LogP) is 2.09. The Kier molecular flexibility index (Phi) is 4.13. The molecule has 1 aromatic carbocycles. The van der Waals surface area contributed by atoms with E-state index in [0.717, 1.165) is 18.6 Å². The Balaban J connectivity index is 1.58. The highest BCUT2D eigenvalue weighted by molar-refractivity contribution is 7.99. The average molecular weight is 306 g/mol. The quantitative estimate of drug-likeness (QED) is 0.801. The highest BCUT2D eigenvalue weighted by atomic mass is 32.2. The van der Waals surface area contributed by atoms with Gasteiger partial charge in [-0.2, -0.15) is 11.8 Å². The van der Waals surface area contributed by atoms with Crippen molar-refractivity contribution in [2.75, 3.05) is 18.1 Å². The number of hydrogen-bond acceptors (Lipinski definition) is 3. The first-order chi connectivity index (χ1) is 10.1. The number of urea groups is 1. The fraction of sp³-hybridized carbons (Fsp3) is 0.562. The molecule has 1 fully saturated rings. The summed E-state index contributed by atoms with van der Waals surface area (Å²) in [7, 11) is 0. The molecule has 3 atom stereocenters. The second kappa shape index (κ2) is 5.89. The number of benzene rings is 1. The van der Waals surface area contributed by atoms with Crippen LogP contribution >= 0.6 is 11.8 Å². The van der Waals surface area contributed by atoms with E-state index in [-0.39, 0.29) is 12.1 Å². The molecule has 1 aromatic rings. The molecule has 0 bridgehead atoms. The third kappa shape index (κ3) is 3.19. The van der Waals surface area contributed by atoms with E-state index >= 15 is 0 Å². The van der Waals surface area contributed by atoms with Gasteiger partial charge in [-0.05, 0) is 35.6 Å². The van der Waals surface area contributed by atoms with Gasteiger partial charge in [0.1, 0.15) is 0 Å². The highest BCUT2D eigenvalue weighted by Gasteiger charge is 2.33. The molecule has 0 aromatic heterocycles. The summed E-state index contributed by atoms with van der Waals surface area (Å²) in [6.07, 6.45) is 1.75. The van der Waals surface area contributed by atoms with Crippen LogP contribution in [-0.2, 0) is 6.42 Å². The number of rotatable bonds is 3. The van der Waals surface area contributed by atoms with E-state index in [1.54, 1.807) is 11.8 Å². The van der Waals surface area contributed by atoms with Crippen molar-refractivity contribution in [3.05, 3.63) is 35.4 Å². The average Bonchev–Trinajstić information content (AvgIpc) is 3.03. The minimum Gasteiger partial charge on any atom is -0.387 e. The summed E-state index contributed by atoms with van der Waals surface area (Å²) in [5.41, 5.74) is 1.80. The van der Waals surface area contributed by atoms with Crippen LogP contribution in [0.3, 0.4) is 0 Å². The third-order valence-corrected chi connectivity index (χ3v) is 5.68. The number of carbonyl (C=O) groups excluding carboxylic acids is 1. The Morgan fingerprint density at radius 1 is 1.48 bits per heavy atom. The van der Waals surface area contributed by atoms with Crippen molar-refractivity contribution in [2.24, 2.45) is 5.92 Å². The zero-order valence-electron chi connectivity index (χ0n) is 12.3. The number of carbonyl (C=O) groups is 1. The zero-order valence-corrected chi connectivity index (χ0v) is 13.1. The van der Waals surface area contributed by atoms with Gasteiger partial charge < -0.3 is 15.7 Å². The Bertz CT molecular complexity index is 529. The van der Waals surface area contributed by atoms with E-state index in [9.17, 15) is 9.90 Å². The van der Waals surface area contributed by atoms with E-state index in [1.807, 2.05) is 12.1 Å². The van der Waals surface area contributed by atoms with Crippen LogP contribution < -0.4 is 10.6 Å². The van der Waals surface area contributed by atoms with E-state index < -0.39 is 5.60 Å². The van der Waals surface area contributed by atoms with E-state index in [2.05, 4.69) is 29.7 Å². The fourth-order valence-corrected chi connectivity index (χ4v) is 4.48. The molecule has 114 valence electrons. The van der Waals surface area contributed by atoms with Crippen LogP contribution in [0.5, 0.6) is 0 Å². The number of aliphatic hydroxyl groups is 1. The van der Waals surface area contributed by atoms with E-state index in [0.29, 0.717) is 18.2 Å². The minimum absolute atomic E-state index is 0.0637. The van der Waals surface area contributed by atoms with Gasteiger partial charge in [0.05, 0.1) is 11.6 Å². The minimum atomic E-state index is -0.735.